The molecule has 7 heteroatoms. The van der Waals surface area contributed by atoms with Crippen molar-refractivity contribution < 1.29 is 27.8 Å². The van der Waals surface area contributed by atoms with Crippen LogP contribution in [-0.4, -0.2) is 24.9 Å². The molecule has 4 nitrogen and oxygen atoms in total. The van der Waals surface area contributed by atoms with Gasteiger partial charge in [0.2, 0.25) is 0 Å². The second-order valence-electron chi connectivity index (χ2n) is 4.36. The highest BCUT2D eigenvalue weighted by atomic mass is 19.4. The number of carboxylic acid groups (broad SMARTS) is 1. The molecule has 1 saturated carbocycles. The van der Waals surface area contributed by atoms with E-state index in [1.807, 2.05) is 0 Å². The smallest absolute Gasteiger partial charge is 0.416 e. The van der Waals surface area contributed by atoms with E-state index in [9.17, 15) is 18.0 Å². The van der Waals surface area contributed by atoms with Crippen LogP contribution in [0.3, 0.4) is 0 Å². The number of carbonyl (C=O) groups is 1. The quantitative estimate of drug-likeness (QED) is 0.839. The van der Waals surface area contributed by atoms with Crippen molar-refractivity contribution in [3.8, 4) is 0 Å². The molecule has 112 valence electrons. The fraction of sp³-hybridized carbons (Fsp3) is 0.462. The maximum atomic E-state index is 12.2. The predicted molar refractivity (Wildman–Crippen MR) is 66.0 cm³/mol. The van der Waals surface area contributed by atoms with Crippen molar-refractivity contribution in [3.05, 3.63) is 35.4 Å². The third kappa shape index (κ3) is 4.50. The highest BCUT2D eigenvalue weighted by Gasteiger charge is 2.44. The summed E-state index contributed by atoms with van der Waals surface area (Å²) in [6.07, 6.45) is -3.82. The number of carboxylic acids is 1. The van der Waals surface area contributed by atoms with E-state index in [0.29, 0.717) is 18.7 Å². The van der Waals surface area contributed by atoms with Crippen molar-refractivity contribution in [1.82, 2.24) is 0 Å². The van der Waals surface area contributed by atoms with E-state index in [0.717, 1.165) is 12.1 Å². The summed E-state index contributed by atoms with van der Waals surface area (Å²) in [6.45, 7) is 0.319. The average molecular weight is 291 g/mol. The van der Waals surface area contributed by atoms with Crippen molar-refractivity contribution in [2.75, 3.05) is 13.8 Å². The largest absolute Gasteiger partial charge is 0.481 e. The molecule has 0 saturated heterocycles. The third-order valence-corrected chi connectivity index (χ3v) is 2.94. The molecule has 1 aromatic carbocycles. The van der Waals surface area contributed by atoms with Gasteiger partial charge >= 0.3 is 12.1 Å². The minimum Gasteiger partial charge on any atom is -0.481 e. The Kier molecular flexibility index (Phi) is 5.52. The zero-order valence-corrected chi connectivity index (χ0v) is 10.9. The van der Waals surface area contributed by atoms with Gasteiger partial charge in [-0.05, 0) is 30.0 Å². The Balaban J connectivity index is 0.000000444. The van der Waals surface area contributed by atoms with E-state index in [4.69, 9.17) is 10.8 Å². The SMILES string of the molecule is COCN.O=C(O)C1CC1c1ccc(C(F)(F)F)cc1. The first-order valence-electron chi connectivity index (χ1n) is 5.90. The van der Waals surface area contributed by atoms with Gasteiger partial charge in [-0.25, -0.2) is 0 Å². The van der Waals surface area contributed by atoms with Crippen LogP contribution in [0, 0.1) is 5.92 Å². The van der Waals surface area contributed by atoms with E-state index in [1.54, 1.807) is 7.11 Å². The van der Waals surface area contributed by atoms with Gasteiger partial charge in [0.15, 0.2) is 0 Å². The lowest BCUT2D eigenvalue weighted by molar-refractivity contribution is -0.139. The van der Waals surface area contributed by atoms with Crippen LogP contribution < -0.4 is 5.73 Å². The fourth-order valence-electron chi connectivity index (χ4n) is 1.76. The second kappa shape index (κ2) is 6.71. The van der Waals surface area contributed by atoms with Crippen molar-refractivity contribution in [2.24, 2.45) is 11.7 Å². The van der Waals surface area contributed by atoms with Gasteiger partial charge in [0.05, 0.1) is 18.2 Å². The Morgan fingerprint density at radius 3 is 2.20 bits per heavy atom. The van der Waals surface area contributed by atoms with Crippen LogP contribution in [0.1, 0.15) is 23.5 Å². The number of alkyl halides is 3. The summed E-state index contributed by atoms with van der Waals surface area (Å²) in [5.41, 5.74) is 4.77. The number of hydrogen-bond donors (Lipinski definition) is 2. The number of nitrogens with two attached hydrogens (primary N) is 1. The first kappa shape index (κ1) is 16.5. The number of hydrogen-bond acceptors (Lipinski definition) is 3. The van der Waals surface area contributed by atoms with Crippen molar-refractivity contribution in [1.29, 1.82) is 0 Å². The summed E-state index contributed by atoms with van der Waals surface area (Å²) in [6, 6.07) is 4.70. The maximum Gasteiger partial charge on any atom is 0.416 e. The number of benzene rings is 1. The van der Waals surface area contributed by atoms with Gasteiger partial charge in [-0.3, -0.25) is 4.79 Å². The van der Waals surface area contributed by atoms with E-state index < -0.39 is 23.6 Å². The van der Waals surface area contributed by atoms with Crippen molar-refractivity contribution >= 4 is 5.97 Å². The molecule has 1 aliphatic rings. The molecule has 20 heavy (non-hydrogen) atoms. The number of aliphatic carboxylic acids is 1. The number of halogens is 3. The molecule has 1 aliphatic carbocycles. The molecule has 0 aromatic heterocycles. The molecular weight excluding hydrogens is 275 g/mol. The van der Waals surface area contributed by atoms with Gasteiger partial charge in [0.1, 0.15) is 0 Å². The van der Waals surface area contributed by atoms with Gasteiger partial charge in [-0.1, -0.05) is 12.1 Å². The number of rotatable bonds is 3. The summed E-state index contributed by atoms with van der Waals surface area (Å²) in [5, 5.41) is 8.69. The highest BCUT2D eigenvalue weighted by Crippen LogP contribution is 2.47. The van der Waals surface area contributed by atoms with Gasteiger partial charge in [-0.15, -0.1) is 0 Å². The molecule has 1 fully saturated rings. The molecule has 0 heterocycles. The predicted octanol–water partition coefficient (Wildman–Crippen LogP) is 2.44. The lowest BCUT2D eigenvalue weighted by Crippen LogP contribution is -2.04. The Morgan fingerprint density at radius 2 is 1.90 bits per heavy atom. The lowest BCUT2D eigenvalue weighted by atomic mass is 10.1. The lowest BCUT2D eigenvalue weighted by Gasteiger charge is -2.07. The van der Waals surface area contributed by atoms with E-state index in [-0.39, 0.29) is 5.92 Å². The van der Waals surface area contributed by atoms with Crippen LogP contribution in [0.25, 0.3) is 0 Å². The molecule has 2 atom stereocenters. The zero-order valence-electron chi connectivity index (χ0n) is 10.9. The first-order chi connectivity index (χ1) is 9.31. The Bertz CT molecular complexity index is 443. The Morgan fingerprint density at radius 1 is 1.40 bits per heavy atom. The summed E-state index contributed by atoms with van der Waals surface area (Å²) in [4.78, 5) is 10.6. The topological polar surface area (TPSA) is 72.5 Å². The maximum absolute atomic E-state index is 12.2. The first-order valence-corrected chi connectivity index (χ1v) is 5.90. The molecule has 2 unspecified atom stereocenters. The molecule has 0 bridgehead atoms. The molecule has 0 radical (unpaired) electrons. The van der Waals surface area contributed by atoms with E-state index >= 15 is 0 Å². The molecule has 1 aromatic rings. The summed E-state index contributed by atoms with van der Waals surface area (Å²) >= 11 is 0. The van der Waals surface area contributed by atoms with Crippen LogP contribution in [0.5, 0.6) is 0 Å². The van der Waals surface area contributed by atoms with Gasteiger partial charge in [0, 0.05) is 7.11 Å². The zero-order chi connectivity index (χ0) is 15.3. The fourth-order valence-corrected chi connectivity index (χ4v) is 1.76. The van der Waals surface area contributed by atoms with Crippen LogP contribution in [-0.2, 0) is 15.7 Å². The van der Waals surface area contributed by atoms with Crippen molar-refractivity contribution in [2.45, 2.75) is 18.5 Å². The second-order valence-corrected chi connectivity index (χ2v) is 4.36. The summed E-state index contributed by atoms with van der Waals surface area (Å²) in [7, 11) is 1.56. The van der Waals surface area contributed by atoms with Gasteiger partial charge in [-0.2, -0.15) is 13.2 Å². The number of methoxy groups -OCH3 is 1. The average Bonchev–Trinajstić information content (AvgIpc) is 3.18. The highest BCUT2D eigenvalue weighted by molar-refractivity contribution is 5.75. The van der Waals surface area contributed by atoms with Crippen LogP contribution in [0.2, 0.25) is 0 Å². The standard InChI is InChI=1S/C11H9F3O2.C2H7NO/c12-11(13,14)7-3-1-6(2-4-7)8-5-9(8)10(15)16;1-4-2-3/h1-4,8-9H,5H2,(H,15,16);2-3H2,1H3. The minimum atomic E-state index is -4.34. The molecule has 3 N–H and O–H groups in total. The van der Waals surface area contributed by atoms with Crippen LogP contribution in [0.15, 0.2) is 24.3 Å². The summed E-state index contributed by atoms with van der Waals surface area (Å²) < 4.78 is 41.1. The van der Waals surface area contributed by atoms with Gasteiger partial charge in [0.25, 0.3) is 0 Å². The van der Waals surface area contributed by atoms with E-state index in [1.165, 1.54) is 12.1 Å². The monoisotopic (exact) mass is 291 g/mol. The van der Waals surface area contributed by atoms with Gasteiger partial charge < -0.3 is 15.6 Å². The van der Waals surface area contributed by atoms with Crippen LogP contribution >= 0.6 is 0 Å². The Labute approximate surface area is 114 Å². The number of ether oxygens (including phenoxy) is 1. The minimum absolute atomic E-state index is 0.125. The van der Waals surface area contributed by atoms with E-state index in [2.05, 4.69) is 4.74 Å². The normalized spacial score (nSPS) is 20.9. The molecule has 2 rings (SSSR count). The molecule has 0 spiro atoms. The van der Waals surface area contributed by atoms with Crippen LogP contribution in [0.4, 0.5) is 13.2 Å². The Hall–Kier alpha value is -1.60. The third-order valence-electron chi connectivity index (χ3n) is 2.94. The summed E-state index contributed by atoms with van der Waals surface area (Å²) in [5.74, 6) is -1.44. The molecule has 0 amide bonds. The molecular formula is C13H16F3NO3. The molecule has 0 aliphatic heterocycles. The van der Waals surface area contributed by atoms with Crippen molar-refractivity contribution in [3.63, 3.8) is 0 Å².